The molecule has 2 fully saturated rings. The van der Waals surface area contributed by atoms with Crippen LogP contribution in [0.2, 0.25) is 0 Å². The molecule has 1 spiro atoms. The molecule has 28 heavy (non-hydrogen) atoms. The van der Waals surface area contributed by atoms with Crippen LogP contribution < -0.4 is 10.6 Å². The van der Waals surface area contributed by atoms with Gasteiger partial charge in [0.25, 0.3) is 5.91 Å². The highest BCUT2D eigenvalue weighted by Gasteiger charge is 2.38. The minimum Gasteiger partial charge on any atom is -0.356 e. The number of hydrogen-bond donors (Lipinski definition) is 2. The Hall–Kier alpha value is -0.960. The summed E-state index contributed by atoms with van der Waals surface area (Å²) in [5, 5.41) is 6.22. The molecule has 3 rings (SSSR count). The van der Waals surface area contributed by atoms with Crippen LogP contribution in [0.15, 0.2) is 29.3 Å². The SMILES string of the molecule is CN=C(NCCc1cccc(C(=O)NC)c1)N1CCSC2(CCCCC2)C1.I. The quantitative estimate of drug-likeness (QED) is 0.365. The second kappa shape index (κ2) is 11.3. The van der Waals surface area contributed by atoms with Crippen molar-refractivity contribution < 1.29 is 4.79 Å². The maximum atomic E-state index is 11.8. The lowest BCUT2D eigenvalue weighted by molar-refractivity contribution is 0.0963. The van der Waals surface area contributed by atoms with E-state index in [2.05, 4.69) is 38.4 Å². The van der Waals surface area contributed by atoms with Gasteiger partial charge in [0, 0.05) is 49.8 Å². The van der Waals surface area contributed by atoms with Crippen molar-refractivity contribution in [2.45, 2.75) is 43.3 Å². The molecule has 1 saturated heterocycles. The summed E-state index contributed by atoms with van der Waals surface area (Å²) in [5.74, 6) is 2.17. The smallest absolute Gasteiger partial charge is 0.251 e. The molecule has 0 radical (unpaired) electrons. The van der Waals surface area contributed by atoms with E-state index < -0.39 is 0 Å². The van der Waals surface area contributed by atoms with Crippen LogP contribution in [0, 0.1) is 0 Å². The number of nitrogens with zero attached hydrogens (tertiary/aromatic N) is 2. The number of hydrogen-bond acceptors (Lipinski definition) is 3. The Morgan fingerprint density at radius 2 is 2.07 bits per heavy atom. The third kappa shape index (κ3) is 6.02. The molecule has 2 aliphatic rings. The Morgan fingerprint density at radius 1 is 1.29 bits per heavy atom. The second-order valence-corrected chi connectivity index (χ2v) is 9.08. The zero-order valence-corrected chi connectivity index (χ0v) is 20.1. The largest absolute Gasteiger partial charge is 0.356 e. The van der Waals surface area contributed by atoms with Crippen LogP contribution in [-0.4, -0.2) is 61.0 Å². The lowest BCUT2D eigenvalue weighted by Crippen LogP contribution is -2.53. The van der Waals surface area contributed by atoms with Gasteiger partial charge in [0.1, 0.15) is 0 Å². The highest BCUT2D eigenvalue weighted by atomic mass is 127. The molecule has 1 aliphatic carbocycles. The zero-order chi connectivity index (χ0) is 19.1. The number of nitrogens with one attached hydrogen (secondary N) is 2. The molecular weight excluding hydrogens is 483 g/mol. The van der Waals surface area contributed by atoms with E-state index >= 15 is 0 Å². The van der Waals surface area contributed by atoms with Crippen LogP contribution in [0.4, 0.5) is 0 Å². The summed E-state index contributed by atoms with van der Waals surface area (Å²) >= 11 is 2.18. The molecule has 0 atom stereocenters. The lowest BCUT2D eigenvalue weighted by atomic mass is 9.87. The molecule has 156 valence electrons. The van der Waals surface area contributed by atoms with Gasteiger partial charge in [-0.3, -0.25) is 9.79 Å². The standard InChI is InChI=1S/C21H32N4OS.HI/c1-22-19(26)18-8-6-7-17(15-18)9-12-24-20(23-2)25-13-14-27-21(16-25)10-4-3-5-11-21;/h6-8,15H,3-5,9-14,16H2,1-2H3,(H,22,26)(H,23,24);1H. The summed E-state index contributed by atoms with van der Waals surface area (Å²) in [6, 6.07) is 7.84. The van der Waals surface area contributed by atoms with Crippen molar-refractivity contribution in [3.63, 3.8) is 0 Å². The van der Waals surface area contributed by atoms with Gasteiger partial charge in [-0.15, -0.1) is 24.0 Å². The first-order chi connectivity index (χ1) is 13.2. The highest BCUT2D eigenvalue weighted by Crippen LogP contribution is 2.42. The van der Waals surface area contributed by atoms with E-state index in [-0.39, 0.29) is 29.9 Å². The Kier molecular flexibility index (Phi) is 9.40. The predicted octanol–water partition coefficient (Wildman–Crippen LogP) is 3.53. The Labute approximate surface area is 190 Å². The number of guanidine groups is 1. The fraction of sp³-hybridized carbons (Fsp3) is 0.619. The first kappa shape index (κ1) is 23.3. The molecule has 5 nitrogen and oxygen atoms in total. The van der Waals surface area contributed by atoms with Crippen molar-refractivity contribution in [1.29, 1.82) is 0 Å². The van der Waals surface area contributed by atoms with Gasteiger partial charge in [-0.1, -0.05) is 31.4 Å². The molecule has 1 aromatic carbocycles. The first-order valence-corrected chi connectivity index (χ1v) is 11.0. The van der Waals surface area contributed by atoms with Crippen LogP contribution in [0.1, 0.15) is 48.0 Å². The van der Waals surface area contributed by atoms with E-state index in [1.54, 1.807) is 7.05 Å². The van der Waals surface area contributed by atoms with Gasteiger partial charge in [-0.25, -0.2) is 0 Å². The molecule has 0 aromatic heterocycles. The van der Waals surface area contributed by atoms with E-state index in [0.717, 1.165) is 37.6 Å². The molecule has 1 heterocycles. The molecular formula is C21H33IN4OS. The van der Waals surface area contributed by atoms with Gasteiger partial charge in [-0.2, -0.15) is 11.8 Å². The molecule has 1 saturated carbocycles. The zero-order valence-electron chi connectivity index (χ0n) is 17.0. The number of carbonyl (C=O) groups excluding carboxylic acids is 1. The molecule has 0 unspecified atom stereocenters. The normalized spacial score (nSPS) is 19.1. The van der Waals surface area contributed by atoms with Gasteiger partial charge < -0.3 is 15.5 Å². The number of halogens is 1. The molecule has 0 bridgehead atoms. The van der Waals surface area contributed by atoms with Crippen molar-refractivity contribution in [1.82, 2.24) is 15.5 Å². The van der Waals surface area contributed by atoms with Crippen molar-refractivity contribution in [2.24, 2.45) is 4.99 Å². The van der Waals surface area contributed by atoms with Gasteiger partial charge in [-0.05, 0) is 37.0 Å². The van der Waals surface area contributed by atoms with E-state index in [9.17, 15) is 4.79 Å². The number of aliphatic imine (C=N–C) groups is 1. The highest BCUT2D eigenvalue weighted by molar-refractivity contribution is 14.0. The lowest BCUT2D eigenvalue weighted by Gasteiger charge is -2.45. The fourth-order valence-electron chi connectivity index (χ4n) is 4.19. The van der Waals surface area contributed by atoms with E-state index in [1.165, 1.54) is 37.9 Å². The summed E-state index contributed by atoms with van der Waals surface area (Å²) in [4.78, 5) is 18.8. The van der Waals surface area contributed by atoms with Crippen LogP contribution in [0.25, 0.3) is 0 Å². The molecule has 1 aliphatic heterocycles. The van der Waals surface area contributed by atoms with Crippen LogP contribution in [-0.2, 0) is 6.42 Å². The van der Waals surface area contributed by atoms with E-state index in [4.69, 9.17) is 0 Å². The van der Waals surface area contributed by atoms with Crippen LogP contribution >= 0.6 is 35.7 Å². The number of carbonyl (C=O) groups is 1. The molecule has 7 heteroatoms. The minimum absolute atomic E-state index is 0. The molecule has 1 amide bonds. The average Bonchev–Trinajstić information content (AvgIpc) is 2.71. The number of rotatable bonds is 4. The number of amides is 1. The average molecular weight is 516 g/mol. The van der Waals surface area contributed by atoms with Crippen molar-refractivity contribution in [3.05, 3.63) is 35.4 Å². The Morgan fingerprint density at radius 3 is 2.79 bits per heavy atom. The molecule has 2 N–H and O–H groups in total. The van der Waals surface area contributed by atoms with Gasteiger partial charge in [0.15, 0.2) is 5.96 Å². The van der Waals surface area contributed by atoms with Crippen molar-refractivity contribution in [3.8, 4) is 0 Å². The third-order valence-electron chi connectivity index (χ3n) is 5.64. The van der Waals surface area contributed by atoms with Crippen molar-refractivity contribution >= 4 is 47.6 Å². The Balaban J connectivity index is 0.00000280. The Bertz CT molecular complexity index is 671. The maximum absolute atomic E-state index is 11.8. The summed E-state index contributed by atoms with van der Waals surface area (Å²) < 4.78 is 0.440. The molecule has 1 aromatic rings. The van der Waals surface area contributed by atoms with E-state index in [0.29, 0.717) is 10.3 Å². The summed E-state index contributed by atoms with van der Waals surface area (Å²) in [5.41, 5.74) is 1.88. The van der Waals surface area contributed by atoms with Crippen molar-refractivity contribution in [2.75, 3.05) is 39.5 Å². The second-order valence-electron chi connectivity index (χ2n) is 7.52. The maximum Gasteiger partial charge on any atom is 0.251 e. The summed E-state index contributed by atoms with van der Waals surface area (Å²) in [6.45, 7) is 3.00. The number of thioether (sulfide) groups is 1. The van der Waals surface area contributed by atoms with Gasteiger partial charge >= 0.3 is 0 Å². The van der Waals surface area contributed by atoms with E-state index in [1.807, 2.05) is 25.2 Å². The summed E-state index contributed by atoms with van der Waals surface area (Å²) in [7, 11) is 3.54. The van der Waals surface area contributed by atoms with Crippen LogP contribution in [0.5, 0.6) is 0 Å². The van der Waals surface area contributed by atoms with Gasteiger partial charge in [0.2, 0.25) is 0 Å². The minimum atomic E-state index is -0.0378. The third-order valence-corrected chi connectivity index (χ3v) is 7.17. The van der Waals surface area contributed by atoms with Gasteiger partial charge in [0.05, 0.1) is 0 Å². The summed E-state index contributed by atoms with van der Waals surface area (Å²) in [6.07, 6.45) is 7.69. The number of benzene rings is 1. The predicted molar refractivity (Wildman–Crippen MR) is 130 cm³/mol. The monoisotopic (exact) mass is 516 g/mol. The van der Waals surface area contributed by atoms with Crippen LogP contribution in [0.3, 0.4) is 0 Å². The fourth-order valence-corrected chi connectivity index (χ4v) is 5.76. The first-order valence-electron chi connectivity index (χ1n) is 10.1. The topological polar surface area (TPSA) is 56.7 Å².